The Morgan fingerprint density at radius 1 is 1.22 bits per heavy atom. The number of fused-ring (bicyclic) bond motifs is 1. The maximum Gasteiger partial charge on any atom is 0.406 e. The summed E-state index contributed by atoms with van der Waals surface area (Å²) < 4.78 is 37.4. The average Bonchev–Trinajstić information content (AvgIpc) is 3.06. The lowest BCUT2D eigenvalue weighted by Gasteiger charge is -2.24. The molecule has 1 aliphatic heterocycles. The summed E-state index contributed by atoms with van der Waals surface area (Å²) in [6, 6.07) is 6.50. The second-order valence-corrected chi connectivity index (χ2v) is 7.24. The van der Waals surface area contributed by atoms with Gasteiger partial charge in [-0.1, -0.05) is 24.3 Å². The molecule has 2 N–H and O–H groups in total. The van der Waals surface area contributed by atoms with E-state index in [2.05, 4.69) is 5.32 Å². The van der Waals surface area contributed by atoms with Crippen LogP contribution in [-0.4, -0.2) is 53.1 Å². The van der Waals surface area contributed by atoms with Crippen LogP contribution in [0.3, 0.4) is 0 Å². The Labute approximate surface area is 153 Å². The van der Waals surface area contributed by atoms with E-state index in [9.17, 15) is 32.7 Å². The van der Waals surface area contributed by atoms with E-state index in [-0.39, 0.29) is 32.2 Å². The minimum Gasteiger partial charge on any atom is -0.481 e. The molecule has 9 heteroatoms. The second-order valence-electron chi connectivity index (χ2n) is 7.24. The normalized spacial score (nSPS) is 21.2. The number of hydrogen-bond donors (Lipinski definition) is 2. The lowest BCUT2D eigenvalue weighted by Crippen LogP contribution is -2.43. The van der Waals surface area contributed by atoms with Crippen LogP contribution in [0.15, 0.2) is 24.3 Å². The van der Waals surface area contributed by atoms with Gasteiger partial charge in [-0.2, -0.15) is 13.2 Å². The number of halogens is 3. The van der Waals surface area contributed by atoms with Crippen LogP contribution in [0.5, 0.6) is 0 Å². The van der Waals surface area contributed by atoms with E-state index in [4.69, 9.17) is 0 Å². The van der Waals surface area contributed by atoms with Gasteiger partial charge >= 0.3 is 12.1 Å². The highest BCUT2D eigenvalue weighted by atomic mass is 19.4. The third-order valence-electron chi connectivity index (χ3n) is 5.08. The number of nitrogens with zero attached hydrogens (tertiary/aromatic N) is 1. The predicted octanol–water partition coefficient (Wildman–Crippen LogP) is 1.53. The Morgan fingerprint density at radius 2 is 1.81 bits per heavy atom. The third kappa shape index (κ3) is 4.23. The first-order chi connectivity index (χ1) is 12.6. The Morgan fingerprint density at radius 3 is 2.33 bits per heavy atom. The van der Waals surface area contributed by atoms with Gasteiger partial charge in [0, 0.05) is 19.4 Å². The fourth-order valence-corrected chi connectivity index (χ4v) is 3.87. The third-order valence-corrected chi connectivity index (χ3v) is 5.08. The van der Waals surface area contributed by atoms with Gasteiger partial charge in [0.2, 0.25) is 11.8 Å². The van der Waals surface area contributed by atoms with Crippen LogP contribution in [0.1, 0.15) is 24.0 Å². The van der Waals surface area contributed by atoms with Crippen molar-refractivity contribution < 1.29 is 32.7 Å². The molecule has 0 aromatic heterocycles. The molecule has 1 saturated heterocycles. The van der Waals surface area contributed by atoms with E-state index in [1.165, 1.54) is 0 Å². The zero-order valence-electron chi connectivity index (χ0n) is 14.4. The molecule has 27 heavy (non-hydrogen) atoms. The van der Waals surface area contributed by atoms with Crippen molar-refractivity contribution in [3.05, 3.63) is 35.4 Å². The van der Waals surface area contributed by atoms with Crippen molar-refractivity contribution in [2.45, 2.75) is 37.9 Å². The van der Waals surface area contributed by atoms with Crippen LogP contribution < -0.4 is 5.32 Å². The monoisotopic (exact) mass is 384 g/mol. The van der Waals surface area contributed by atoms with Gasteiger partial charge in [0.05, 0.1) is 11.5 Å². The van der Waals surface area contributed by atoms with Gasteiger partial charge in [0.1, 0.15) is 6.54 Å². The second kappa shape index (κ2) is 6.86. The van der Waals surface area contributed by atoms with Crippen molar-refractivity contribution in [3.8, 4) is 0 Å². The number of alkyl halides is 3. The predicted molar refractivity (Wildman–Crippen MR) is 87.7 cm³/mol. The van der Waals surface area contributed by atoms with E-state index in [0.29, 0.717) is 4.90 Å². The molecule has 146 valence electrons. The van der Waals surface area contributed by atoms with Gasteiger partial charge in [0.15, 0.2) is 0 Å². The van der Waals surface area contributed by atoms with E-state index in [0.717, 1.165) is 11.1 Å². The van der Waals surface area contributed by atoms with Crippen LogP contribution >= 0.6 is 0 Å². The molecule has 0 bridgehead atoms. The lowest BCUT2D eigenvalue weighted by atomic mass is 9.81. The molecule has 6 nitrogen and oxygen atoms in total. The summed E-state index contributed by atoms with van der Waals surface area (Å²) in [6.07, 6.45) is -4.58. The number of carbonyl (C=O) groups is 3. The maximum atomic E-state index is 12.5. The van der Waals surface area contributed by atoms with E-state index in [1.54, 1.807) is 12.1 Å². The molecule has 0 radical (unpaired) electrons. The zero-order chi connectivity index (χ0) is 19.8. The number of nitrogens with one attached hydrogen (secondary N) is 1. The summed E-state index contributed by atoms with van der Waals surface area (Å²) in [5.74, 6) is -2.34. The number of carboxylic acids is 1. The number of likely N-dealkylation sites (tertiary alicyclic amines) is 1. The van der Waals surface area contributed by atoms with Crippen LogP contribution in [0.25, 0.3) is 0 Å². The number of carbonyl (C=O) groups excluding carboxylic acids is 2. The van der Waals surface area contributed by atoms with Crippen molar-refractivity contribution in [2.75, 3.05) is 13.1 Å². The minimum absolute atomic E-state index is 0.218. The van der Waals surface area contributed by atoms with Crippen molar-refractivity contribution >= 4 is 17.8 Å². The summed E-state index contributed by atoms with van der Waals surface area (Å²) in [5, 5.41) is 12.2. The van der Waals surface area contributed by atoms with E-state index < -0.39 is 42.0 Å². The van der Waals surface area contributed by atoms with E-state index >= 15 is 0 Å². The number of rotatable bonds is 5. The van der Waals surface area contributed by atoms with Crippen LogP contribution in [-0.2, 0) is 27.2 Å². The molecule has 0 saturated carbocycles. The fraction of sp³-hybridized carbons (Fsp3) is 0.500. The van der Waals surface area contributed by atoms with Crippen molar-refractivity contribution in [1.82, 2.24) is 10.2 Å². The Balaban J connectivity index is 1.62. The minimum atomic E-state index is -4.50. The number of amides is 2. The Bertz CT molecular complexity index is 753. The smallest absolute Gasteiger partial charge is 0.406 e. The molecular formula is C18H19F3N2O4. The van der Waals surface area contributed by atoms with Crippen LogP contribution in [0, 0.1) is 5.41 Å². The van der Waals surface area contributed by atoms with Crippen LogP contribution in [0.2, 0.25) is 0 Å². The highest BCUT2D eigenvalue weighted by Gasteiger charge is 2.46. The molecule has 1 aliphatic carbocycles. The number of aliphatic carboxylic acids is 1. The lowest BCUT2D eigenvalue weighted by molar-refractivity contribution is -0.157. The fourth-order valence-electron chi connectivity index (χ4n) is 3.87. The molecule has 0 spiro atoms. The topological polar surface area (TPSA) is 86.7 Å². The van der Waals surface area contributed by atoms with Gasteiger partial charge in [-0.3, -0.25) is 14.4 Å². The maximum absolute atomic E-state index is 12.5. The zero-order valence-corrected chi connectivity index (χ0v) is 14.4. The first-order valence-corrected chi connectivity index (χ1v) is 8.52. The highest BCUT2D eigenvalue weighted by molar-refractivity contribution is 5.87. The van der Waals surface area contributed by atoms with E-state index in [1.807, 2.05) is 12.1 Å². The molecule has 2 amide bonds. The Kier molecular flexibility index (Phi) is 4.88. The van der Waals surface area contributed by atoms with Gasteiger partial charge in [-0.05, 0) is 24.0 Å². The summed E-state index contributed by atoms with van der Waals surface area (Å²) in [4.78, 5) is 36.6. The van der Waals surface area contributed by atoms with Gasteiger partial charge in [-0.15, -0.1) is 0 Å². The molecule has 1 atom stereocenters. The molecule has 1 fully saturated rings. The van der Waals surface area contributed by atoms with Gasteiger partial charge in [-0.25, -0.2) is 0 Å². The largest absolute Gasteiger partial charge is 0.481 e. The average molecular weight is 384 g/mol. The van der Waals surface area contributed by atoms with Gasteiger partial charge < -0.3 is 15.3 Å². The molecule has 3 rings (SSSR count). The van der Waals surface area contributed by atoms with Crippen LogP contribution in [0.4, 0.5) is 13.2 Å². The first-order valence-electron chi connectivity index (χ1n) is 8.52. The molecular weight excluding hydrogens is 365 g/mol. The summed E-state index contributed by atoms with van der Waals surface area (Å²) in [5.41, 5.74) is 0.474. The SMILES string of the molecule is O=C(CC1(C(=O)O)Cc2ccccc2C1)N[C@H]1CC(=O)N(CC(F)(F)F)C1. The summed E-state index contributed by atoms with van der Waals surface area (Å²) in [7, 11) is 0. The van der Waals surface area contributed by atoms with Gasteiger partial charge in [0.25, 0.3) is 0 Å². The molecule has 1 heterocycles. The number of benzene rings is 1. The quantitative estimate of drug-likeness (QED) is 0.806. The van der Waals surface area contributed by atoms with Crippen molar-refractivity contribution in [3.63, 3.8) is 0 Å². The number of carboxylic acid groups (broad SMARTS) is 1. The Hall–Kier alpha value is -2.58. The first kappa shape index (κ1) is 19.2. The molecule has 0 unspecified atom stereocenters. The summed E-state index contributed by atoms with van der Waals surface area (Å²) >= 11 is 0. The summed E-state index contributed by atoms with van der Waals surface area (Å²) in [6.45, 7) is -1.59. The molecule has 2 aliphatic rings. The van der Waals surface area contributed by atoms with Crippen molar-refractivity contribution in [1.29, 1.82) is 0 Å². The standard InChI is InChI=1S/C18H19F3N2O4/c19-18(20,21)10-23-9-13(5-15(23)25)22-14(24)8-17(16(26)27)6-11-3-1-2-4-12(11)7-17/h1-4,13H,5-10H2,(H,22,24)(H,26,27)/t13-/m0/s1. The molecule has 1 aromatic rings. The number of hydrogen-bond acceptors (Lipinski definition) is 3. The highest BCUT2D eigenvalue weighted by Crippen LogP contribution is 2.40. The molecule has 1 aromatic carbocycles. The van der Waals surface area contributed by atoms with Crippen molar-refractivity contribution in [2.24, 2.45) is 5.41 Å².